The van der Waals surface area contributed by atoms with Gasteiger partial charge >= 0.3 is 13.3 Å². The molecule has 0 atom stereocenters. The molecule has 0 spiro atoms. The lowest BCUT2D eigenvalue weighted by molar-refractivity contribution is 0.0557. The van der Waals surface area contributed by atoms with E-state index >= 15 is 0 Å². The number of nitrogens with zero attached hydrogens (tertiary/aromatic N) is 1. The summed E-state index contributed by atoms with van der Waals surface area (Å²) in [5.41, 5.74) is -1.11. The zero-order chi connectivity index (χ0) is 21.1. The maximum atomic E-state index is 13.9. The van der Waals surface area contributed by atoms with Gasteiger partial charge in [0.2, 0.25) is 0 Å². The number of hydrogen-bond donors (Lipinski definition) is 2. The Bertz CT molecular complexity index is 1030. The maximum Gasteiger partial charge on any atom is 0.399 e. The van der Waals surface area contributed by atoms with E-state index in [0.717, 1.165) is 34.2 Å². The van der Waals surface area contributed by atoms with Gasteiger partial charge in [-0.2, -0.15) is 20.5 Å². The van der Waals surface area contributed by atoms with E-state index in [1.165, 1.54) is 12.1 Å². The molecule has 0 aliphatic heterocycles. The topological polar surface area (TPSA) is 70.4 Å². The van der Waals surface area contributed by atoms with Crippen LogP contribution in [0.1, 0.15) is 16.7 Å². The molecular formula is C20H17BrF2NO3PS. The molecule has 4 nitrogen and oxygen atoms in total. The number of hydrogen-bond acceptors (Lipinski definition) is 3. The third kappa shape index (κ3) is 5.32. The Morgan fingerprint density at radius 2 is 1.66 bits per heavy atom. The third-order valence-corrected chi connectivity index (χ3v) is 6.88. The van der Waals surface area contributed by atoms with E-state index in [4.69, 9.17) is 9.79 Å². The summed E-state index contributed by atoms with van der Waals surface area (Å²) in [7, 11) is -5.59. The summed E-state index contributed by atoms with van der Waals surface area (Å²) < 4.78 is 38.8. The van der Waals surface area contributed by atoms with Gasteiger partial charge in [0.15, 0.2) is 0 Å². The van der Waals surface area contributed by atoms with Crippen molar-refractivity contribution in [2.75, 3.05) is 0 Å². The van der Waals surface area contributed by atoms with Crippen molar-refractivity contribution >= 4 is 35.3 Å². The molecule has 2 N–H and O–H groups in total. The molecule has 1 aromatic heterocycles. The summed E-state index contributed by atoms with van der Waals surface area (Å²) in [6.45, 7) is 0. The van der Waals surface area contributed by atoms with Crippen LogP contribution in [0.15, 0.2) is 71.3 Å². The van der Waals surface area contributed by atoms with Crippen LogP contribution in [0, 0.1) is 0 Å². The van der Waals surface area contributed by atoms with Crippen molar-refractivity contribution in [2.24, 2.45) is 0 Å². The summed E-state index contributed by atoms with van der Waals surface area (Å²) in [4.78, 5) is 22.1. The predicted octanol–water partition coefficient (Wildman–Crippen LogP) is 6.17. The molecule has 0 saturated heterocycles. The quantitative estimate of drug-likeness (QED) is 0.380. The summed E-state index contributed by atoms with van der Waals surface area (Å²) in [6.07, 6.45) is 1.75. The second-order valence-electron chi connectivity index (χ2n) is 6.30. The molecule has 1 heterocycles. The lowest BCUT2D eigenvalue weighted by Crippen LogP contribution is -2.14. The van der Waals surface area contributed by atoms with Gasteiger partial charge in [-0.1, -0.05) is 58.4 Å². The van der Waals surface area contributed by atoms with Crippen molar-refractivity contribution < 1.29 is 23.1 Å². The van der Waals surface area contributed by atoms with Gasteiger partial charge in [-0.25, -0.2) is 0 Å². The molecule has 0 amide bonds. The smallest absolute Gasteiger partial charge is 0.320 e. The van der Waals surface area contributed by atoms with Gasteiger partial charge in [0.25, 0.3) is 0 Å². The van der Waals surface area contributed by atoms with Crippen LogP contribution in [-0.4, -0.2) is 14.8 Å². The monoisotopic (exact) mass is 499 g/mol. The first-order chi connectivity index (χ1) is 13.7. The standard InChI is InChI=1S/C20H17BrF2NO3PS/c21-18-11-15(6-9-17(18)20(22,23)28(25,26)27)13-29-12-14-4-7-16(8-5-14)19-3-1-2-10-24-19/h1-11H,12-13H2,(H2,25,26,27). The van der Waals surface area contributed by atoms with Crippen LogP contribution in [0.4, 0.5) is 8.78 Å². The Kier molecular flexibility index (Phi) is 6.91. The minimum atomic E-state index is -5.59. The highest BCUT2D eigenvalue weighted by molar-refractivity contribution is 9.10. The zero-order valence-electron chi connectivity index (χ0n) is 15.0. The molecule has 9 heteroatoms. The van der Waals surface area contributed by atoms with Gasteiger partial charge in [-0.15, -0.1) is 0 Å². The Morgan fingerprint density at radius 1 is 1.00 bits per heavy atom. The molecule has 152 valence electrons. The van der Waals surface area contributed by atoms with E-state index in [1.54, 1.807) is 18.0 Å². The third-order valence-electron chi connectivity index (χ3n) is 4.18. The number of alkyl halides is 2. The molecule has 3 aromatic rings. The summed E-state index contributed by atoms with van der Waals surface area (Å²) in [6, 6.07) is 17.8. The number of benzene rings is 2. The highest BCUT2D eigenvalue weighted by Gasteiger charge is 2.51. The number of pyridine rings is 1. The van der Waals surface area contributed by atoms with Crippen molar-refractivity contribution in [2.45, 2.75) is 17.2 Å². The van der Waals surface area contributed by atoms with Crippen molar-refractivity contribution in [3.8, 4) is 11.3 Å². The molecular weight excluding hydrogens is 483 g/mol. The largest absolute Gasteiger partial charge is 0.399 e. The summed E-state index contributed by atoms with van der Waals surface area (Å²) in [5.74, 6) is 1.31. The molecule has 0 aliphatic carbocycles. The van der Waals surface area contributed by atoms with Gasteiger partial charge in [0, 0.05) is 33.3 Å². The predicted molar refractivity (Wildman–Crippen MR) is 115 cm³/mol. The molecule has 0 unspecified atom stereocenters. The molecule has 29 heavy (non-hydrogen) atoms. The molecule has 0 radical (unpaired) electrons. The van der Waals surface area contributed by atoms with Crippen LogP contribution in [0.3, 0.4) is 0 Å². The summed E-state index contributed by atoms with van der Waals surface area (Å²) >= 11 is 4.62. The zero-order valence-corrected chi connectivity index (χ0v) is 18.3. The minimum Gasteiger partial charge on any atom is -0.320 e. The van der Waals surface area contributed by atoms with E-state index in [0.29, 0.717) is 5.75 Å². The van der Waals surface area contributed by atoms with E-state index < -0.39 is 18.8 Å². The molecule has 0 bridgehead atoms. The SMILES string of the molecule is O=P(O)(O)C(F)(F)c1ccc(CSCc2ccc(-c3ccccn3)cc2)cc1Br. The second kappa shape index (κ2) is 9.06. The molecule has 0 saturated carbocycles. The molecule has 2 aromatic carbocycles. The van der Waals surface area contributed by atoms with Gasteiger partial charge in [0.05, 0.1) is 5.69 Å². The highest BCUT2D eigenvalue weighted by atomic mass is 79.9. The van der Waals surface area contributed by atoms with Gasteiger partial charge in [-0.05, 0) is 29.3 Å². The van der Waals surface area contributed by atoms with E-state index in [9.17, 15) is 13.3 Å². The first-order valence-corrected chi connectivity index (χ1v) is 12.0. The Hall–Kier alpha value is -1.57. The maximum absolute atomic E-state index is 13.9. The van der Waals surface area contributed by atoms with Crippen LogP contribution >= 0.6 is 35.3 Å². The lowest BCUT2D eigenvalue weighted by Gasteiger charge is -2.19. The van der Waals surface area contributed by atoms with Crippen LogP contribution in [-0.2, 0) is 21.7 Å². The first-order valence-electron chi connectivity index (χ1n) is 8.49. The molecule has 0 fully saturated rings. The molecule has 0 aliphatic rings. The van der Waals surface area contributed by atoms with Crippen molar-refractivity contribution in [3.63, 3.8) is 0 Å². The second-order valence-corrected chi connectivity index (χ2v) is 9.79. The van der Waals surface area contributed by atoms with E-state index in [1.807, 2.05) is 42.5 Å². The lowest BCUT2D eigenvalue weighted by atomic mass is 10.1. The fourth-order valence-corrected chi connectivity index (χ4v) is 4.92. The van der Waals surface area contributed by atoms with E-state index in [2.05, 4.69) is 20.9 Å². The number of rotatable bonds is 7. The number of halogens is 3. The highest BCUT2D eigenvalue weighted by Crippen LogP contribution is 2.60. The van der Waals surface area contributed by atoms with Crippen LogP contribution in [0.25, 0.3) is 11.3 Å². The van der Waals surface area contributed by atoms with Gasteiger partial charge < -0.3 is 9.79 Å². The fourth-order valence-electron chi connectivity index (χ4n) is 2.64. The Balaban J connectivity index is 1.61. The first kappa shape index (κ1) is 22.1. The van der Waals surface area contributed by atoms with Crippen molar-refractivity contribution in [3.05, 3.63) is 88.0 Å². The Labute approximate surface area is 179 Å². The van der Waals surface area contributed by atoms with Crippen LogP contribution in [0.5, 0.6) is 0 Å². The van der Waals surface area contributed by atoms with Crippen LogP contribution in [0.2, 0.25) is 0 Å². The average Bonchev–Trinajstić information content (AvgIpc) is 2.68. The normalized spacial score (nSPS) is 12.2. The average molecular weight is 500 g/mol. The van der Waals surface area contributed by atoms with Crippen molar-refractivity contribution in [1.29, 1.82) is 0 Å². The molecule has 3 rings (SSSR count). The van der Waals surface area contributed by atoms with Gasteiger partial charge in [0.1, 0.15) is 0 Å². The number of thioether (sulfide) groups is 1. The Morgan fingerprint density at radius 3 is 2.24 bits per heavy atom. The number of aromatic nitrogens is 1. The van der Waals surface area contributed by atoms with Crippen LogP contribution < -0.4 is 0 Å². The minimum absolute atomic E-state index is 0.0244. The van der Waals surface area contributed by atoms with E-state index in [-0.39, 0.29) is 4.47 Å². The van der Waals surface area contributed by atoms with Crippen molar-refractivity contribution in [1.82, 2.24) is 4.98 Å². The van der Waals surface area contributed by atoms with Gasteiger partial charge in [-0.3, -0.25) is 9.55 Å². The summed E-state index contributed by atoms with van der Waals surface area (Å²) in [5, 5.41) is 0. The fraction of sp³-hybridized carbons (Fsp3) is 0.150.